The van der Waals surface area contributed by atoms with Crippen LogP contribution in [0, 0.1) is 5.92 Å². The van der Waals surface area contributed by atoms with E-state index in [0.717, 1.165) is 12.0 Å². The van der Waals surface area contributed by atoms with Crippen molar-refractivity contribution in [3.05, 3.63) is 71.8 Å². The molecule has 3 atom stereocenters. The van der Waals surface area contributed by atoms with E-state index in [1.165, 1.54) is 22.0 Å². The van der Waals surface area contributed by atoms with Crippen molar-refractivity contribution in [3.8, 4) is 17.2 Å². The molecule has 29 heavy (non-hydrogen) atoms. The Labute approximate surface area is 171 Å². The summed E-state index contributed by atoms with van der Waals surface area (Å²) in [6.07, 6.45) is 5.72. The fraction of sp³-hybridized carbons (Fsp3) is 0.280. The van der Waals surface area contributed by atoms with Crippen LogP contribution in [0.25, 0.3) is 10.8 Å². The molecular formula is C25H25NO3. The molecule has 1 N–H and O–H groups in total. The molecule has 0 saturated heterocycles. The number of ether oxygens (including phenoxy) is 3. The molecule has 4 heteroatoms. The Morgan fingerprint density at radius 2 is 1.66 bits per heavy atom. The van der Waals surface area contributed by atoms with Crippen LogP contribution < -0.4 is 19.5 Å². The molecule has 148 valence electrons. The van der Waals surface area contributed by atoms with Gasteiger partial charge in [0.15, 0.2) is 11.5 Å². The van der Waals surface area contributed by atoms with E-state index < -0.39 is 0 Å². The second-order valence-corrected chi connectivity index (χ2v) is 7.69. The average Bonchev–Trinajstić information content (AvgIpc) is 3.27. The minimum Gasteiger partial charge on any atom is -0.493 e. The summed E-state index contributed by atoms with van der Waals surface area (Å²) in [5, 5.41) is 6.39. The van der Waals surface area contributed by atoms with E-state index in [4.69, 9.17) is 14.2 Å². The molecule has 1 aliphatic heterocycles. The van der Waals surface area contributed by atoms with E-state index >= 15 is 0 Å². The highest BCUT2D eigenvalue weighted by atomic mass is 16.5. The van der Waals surface area contributed by atoms with Crippen molar-refractivity contribution in [1.82, 2.24) is 0 Å². The van der Waals surface area contributed by atoms with Crippen molar-refractivity contribution in [2.75, 3.05) is 26.6 Å². The third-order valence-electron chi connectivity index (χ3n) is 6.31. The minimum atomic E-state index is 0.155. The number of rotatable bonds is 4. The topological polar surface area (TPSA) is 39.7 Å². The van der Waals surface area contributed by atoms with Crippen LogP contribution in [-0.4, -0.2) is 21.3 Å². The maximum atomic E-state index is 5.61. The first-order chi connectivity index (χ1) is 14.2. The fourth-order valence-electron chi connectivity index (χ4n) is 4.95. The Morgan fingerprint density at radius 3 is 2.38 bits per heavy atom. The zero-order valence-electron chi connectivity index (χ0n) is 16.9. The molecule has 0 unspecified atom stereocenters. The molecule has 3 aromatic rings. The molecular weight excluding hydrogens is 362 g/mol. The SMILES string of the molecule is COc1cc([C@H]2Nc3c(ccc4ccccc34)[C@@H]3C=CC[C@H]23)cc(OC)c1OC. The second-order valence-electron chi connectivity index (χ2n) is 7.69. The summed E-state index contributed by atoms with van der Waals surface area (Å²) >= 11 is 0. The van der Waals surface area contributed by atoms with Gasteiger partial charge in [-0.3, -0.25) is 0 Å². The highest BCUT2D eigenvalue weighted by Gasteiger charge is 2.39. The standard InChI is InChI=1S/C25H25NO3/c1-27-21-13-16(14-22(28-2)25(21)29-3)23-19-10-6-9-18(19)20-12-11-15-7-4-5-8-17(15)24(20)26-23/h4-9,11-14,18-19,23,26H,10H2,1-3H3/t18-,19+,23-/m1/s1. The van der Waals surface area contributed by atoms with E-state index in [0.29, 0.717) is 29.1 Å². The second kappa shape index (κ2) is 7.03. The summed E-state index contributed by atoms with van der Waals surface area (Å²) in [5.41, 5.74) is 3.76. The van der Waals surface area contributed by atoms with Gasteiger partial charge in [0.25, 0.3) is 0 Å². The zero-order valence-corrected chi connectivity index (χ0v) is 16.9. The number of hydrogen-bond donors (Lipinski definition) is 1. The van der Waals surface area contributed by atoms with Crippen molar-refractivity contribution >= 4 is 16.5 Å². The van der Waals surface area contributed by atoms with E-state index in [1.807, 2.05) is 0 Å². The Balaban J connectivity index is 1.67. The lowest BCUT2D eigenvalue weighted by molar-refractivity contribution is 0.322. The van der Waals surface area contributed by atoms with Gasteiger partial charge in [0.05, 0.1) is 27.4 Å². The van der Waals surface area contributed by atoms with Crippen LogP contribution in [0.15, 0.2) is 60.7 Å². The maximum Gasteiger partial charge on any atom is 0.203 e. The minimum absolute atomic E-state index is 0.155. The third kappa shape index (κ3) is 2.74. The average molecular weight is 387 g/mol. The van der Waals surface area contributed by atoms with Gasteiger partial charge in [-0.1, -0.05) is 48.6 Å². The number of methoxy groups -OCH3 is 3. The fourth-order valence-corrected chi connectivity index (χ4v) is 4.95. The molecule has 0 amide bonds. The first kappa shape index (κ1) is 17.9. The van der Waals surface area contributed by atoms with Crippen molar-refractivity contribution < 1.29 is 14.2 Å². The van der Waals surface area contributed by atoms with Gasteiger partial charge in [0.2, 0.25) is 5.75 Å². The Bertz CT molecular complexity index is 1080. The first-order valence-corrected chi connectivity index (χ1v) is 10.00. The quantitative estimate of drug-likeness (QED) is 0.584. The van der Waals surface area contributed by atoms with Gasteiger partial charge in [-0.2, -0.15) is 0 Å². The maximum absolute atomic E-state index is 5.61. The van der Waals surface area contributed by atoms with Gasteiger partial charge in [-0.25, -0.2) is 0 Å². The van der Waals surface area contributed by atoms with Crippen molar-refractivity contribution in [2.24, 2.45) is 5.92 Å². The van der Waals surface area contributed by atoms with Gasteiger partial charge < -0.3 is 19.5 Å². The first-order valence-electron chi connectivity index (χ1n) is 10.00. The highest BCUT2D eigenvalue weighted by Crippen LogP contribution is 2.53. The lowest BCUT2D eigenvalue weighted by Crippen LogP contribution is -2.29. The third-order valence-corrected chi connectivity index (χ3v) is 6.31. The Kier molecular flexibility index (Phi) is 4.35. The summed E-state index contributed by atoms with van der Waals surface area (Å²) in [5.74, 6) is 2.86. The van der Waals surface area contributed by atoms with E-state index in [9.17, 15) is 0 Å². The van der Waals surface area contributed by atoms with Crippen LogP contribution in [0.2, 0.25) is 0 Å². The number of anilines is 1. The van der Waals surface area contributed by atoms with Gasteiger partial charge in [-0.05, 0) is 41.0 Å². The Hall–Kier alpha value is -3.14. The number of benzene rings is 3. The summed E-state index contributed by atoms with van der Waals surface area (Å²) in [6.45, 7) is 0. The van der Waals surface area contributed by atoms with Gasteiger partial charge in [0.1, 0.15) is 0 Å². The summed E-state index contributed by atoms with van der Waals surface area (Å²) < 4.78 is 16.7. The lowest BCUT2D eigenvalue weighted by Gasteiger charge is -2.38. The zero-order chi connectivity index (χ0) is 20.0. The lowest BCUT2D eigenvalue weighted by atomic mass is 9.76. The monoisotopic (exact) mass is 387 g/mol. The van der Waals surface area contributed by atoms with Crippen LogP contribution >= 0.6 is 0 Å². The molecule has 4 nitrogen and oxygen atoms in total. The largest absolute Gasteiger partial charge is 0.493 e. The molecule has 0 bridgehead atoms. The predicted octanol–water partition coefficient (Wildman–Crippen LogP) is 5.69. The summed E-state index contributed by atoms with van der Waals surface area (Å²) in [6, 6.07) is 17.4. The molecule has 0 saturated carbocycles. The molecule has 0 spiro atoms. The van der Waals surface area contributed by atoms with Gasteiger partial charge in [0, 0.05) is 17.0 Å². The van der Waals surface area contributed by atoms with Crippen LogP contribution in [-0.2, 0) is 0 Å². The van der Waals surface area contributed by atoms with Crippen LogP contribution in [0.4, 0.5) is 5.69 Å². The summed E-state index contributed by atoms with van der Waals surface area (Å²) in [7, 11) is 4.97. The van der Waals surface area contributed by atoms with Crippen molar-refractivity contribution in [1.29, 1.82) is 0 Å². The van der Waals surface area contributed by atoms with Gasteiger partial charge >= 0.3 is 0 Å². The molecule has 3 aromatic carbocycles. The Morgan fingerprint density at radius 1 is 0.897 bits per heavy atom. The van der Waals surface area contributed by atoms with E-state index in [-0.39, 0.29) is 6.04 Å². The molecule has 5 rings (SSSR count). The number of allylic oxidation sites excluding steroid dienone is 2. The molecule has 1 aliphatic carbocycles. The number of nitrogens with one attached hydrogen (secondary N) is 1. The molecule has 0 aromatic heterocycles. The van der Waals surface area contributed by atoms with Crippen molar-refractivity contribution in [3.63, 3.8) is 0 Å². The number of hydrogen-bond acceptors (Lipinski definition) is 4. The summed E-state index contributed by atoms with van der Waals surface area (Å²) in [4.78, 5) is 0. The molecule has 0 radical (unpaired) electrons. The predicted molar refractivity (Wildman–Crippen MR) is 116 cm³/mol. The van der Waals surface area contributed by atoms with Crippen molar-refractivity contribution in [2.45, 2.75) is 18.4 Å². The van der Waals surface area contributed by atoms with Crippen LogP contribution in [0.5, 0.6) is 17.2 Å². The van der Waals surface area contributed by atoms with Gasteiger partial charge in [-0.15, -0.1) is 0 Å². The highest BCUT2D eigenvalue weighted by molar-refractivity contribution is 5.96. The normalized spacial score (nSPS) is 22.0. The molecule has 2 aliphatic rings. The van der Waals surface area contributed by atoms with E-state index in [2.05, 4.69) is 66.0 Å². The molecule has 1 heterocycles. The van der Waals surface area contributed by atoms with Crippen LogP contribution in [0.1, 0.15) is 29.5 Å². The van der Waals surface area contributed by atoms with E-state index in [1.54, 1.807) is 21.3 Å². The smallest absolute Gasteiger partial charge is 0.203 e. The molecule has 0 fully saturated rings. The number of fused-ring (bicyclic) bond motifs is 5. The van der Waals surface area contributed by atoms with Crippen LogP contribution in [0.3, 0.4) is 0 Å².